The zero-order valence-corrected chi connectivity index (χ0v) is 12.2. The number of H-pyrrole nitrogens is 1. The summed E-state index contributed by atoms with van der Waals surface area (Å²) in [6, 6.07) is 16.1. The maximum absolute atomic E-state index is 4.18. The molecule has 20 heavy (non-hydrogen) atoms. The minimum atomic E-state index is 0.934. The molecule has 0 saturated carbocycles. The van der Waals surface area contributed by atoms with Gasteiger partial charge in [0.15, 0.2) is 0 Å². The average Bonchev–Trinajstić information content (AvgIpc) is 2.95. The Bertz CT molecular complexity index is 774. The van der Waals surface area contributed by atoms with Crippen molar-refractivity contribution in [3.63, 3.8) is 0 Å². The summed E-state index contributed by atoms with van der Waals surface area (Å²) in [6.45, 7) is 0. The largest absolute Gasteiger partial charge is 0.346 e. The third-order valence-electron chi connectivity index (χ3n) is 2.88. The number of halogens is 1. The molecule has 0 spiro atoms. The summed E-state index contributed by atoms with van der Waals surface area (Å²) in [5.74, 6) is 0. The summed E-state index contributed by atoms with van der Waals surface area (Å²) in [6.07, 6.45) is 5.46. The van der Waals surface area contributed by atoms with Crippen LogP contribution in [0.4, 0.5) is 0 Å². The number of benzene rings is 1. The first-order valence-corrected chi connectivity index (χ1v) is 7.00. The van der Waals surface area contributed by atoms with Crippen molar-refractivity contribution in [3.05, 3.63) is 71.6 Å². The molecule has 0 amide bonds. The first-order valence-electron chi connectivity index (χ1n) is 6.21. The minimum absolute atomic E-state index is 0.934. The Kier molecular flexibility index (Phi) is 3.74. The Morgan fingerprint density at radius 2 is 1.75 bits per heavy atom. The fourth-order valence-corrected chi connectivity index (χ4v) is 2.28. The number of hydrogen-bond acceptors (Lipinski definition) is 2. The summed E-state index contributed by atoms with van der Waals surface area (Å²) in [7, 11) is 0. The second-order valence-corrected chi connectivity index (χ2v) is 5.18. The molecule has 0 radical (unpaired) electrons. The fraction of sp³-hybridized carbons (Fsp3) is 0. The van der Waals surface area contributed by atoms with Crippen molar-refractivity contribution in [1.29, 1.82) is 0 Å². The van der Waals surface area contributed by atoms with Crippen LogP contribution in [-0.2, 0) is 0 Å². The second kappa shape index (κ2) is 5.84. The lowest BCUT2D eigenvalue weighted by atomic mass is 10.2. The van der Waals surface area contributed by atoms with Gasteiger partial charge in [-0.3, -0.25) is 4.98 Å². The normalized spacial score (nSPS) is 10.2. The van der Waals surface area contributed by atoms with E-state index < -0.39 is 0 Å². The molecule has 0 aliphatic heterocycles. The number of para-hydroxylation sites is 1. The van der Waals surface area contributed by atoms with E-state index in [0.29, 0.717) is 0 Å². The van der Waals surface area contributed by atoms with Crippen molar-refractivity contribution in [1.82, 2.24) is 15.0 Å². The maximum Gasteiger partial charge on any atom is 0.137 e. The summed E-state index contributed by atoms with van der Waals surface area (Å²) in [5.41, 5.74) is 1.99. The van der Waals surface area contributed by atoms with Crippen molar-refractivity contribution in [2.75, 3.05) is 0 Å². The molecule has 0 bridgehead atoms. The van der Waals surface area contributed by atoms with Crippen LogP contribution in [-0.4, -0.2) is 15.0 Å². The number of fused-ring (bicyclic) bond motifs is 2. The van der Waals surface area contributed by atoms with Crippen LogP contribution in [0.5, 0.6) is 0 Å². The Morgan fingerprint density at radius 3 is 2.65 bits per heavy atom. The molecule has 0 saturated heterocycles. The predicted octanol–water partition coefficient (Wildman–Crippen LogP) is 4.56. The number of aromatic amines is 1. The number of pyridine rings is 2. The SMILES string of the molecule is Brc1cnc2[nH]ccc2c1.c1ccc2ncccc2c1. The van der Waals surface area contributed by atoms with Gasteiger partial charge in [0, 0.05) is 33.8 Å². The van der Waals surface area contributed by atoms with Crippen LogP contribution in [0.15, 0.2) is 71.6 Å². The molecule has 1 N–H and O–H groups in total. The highest BCUT2D eigenvalue weighted by Gasteiger charge is 1.93. The standard InChI is InChI=1S/C9H7N.C7H5BrN2/c1-2-6-9-8(4-1)5-3-7-10-9;8-6-3-5-1-2-9-7(5)10-4-6/h1-7H;1-4H,(H,9,10). The third kappa shape index (κ3) is 2.86. The summed E-state index contributed by atoms with van der Waals surface area (Å²) in [4.78, 5) is 11.3. The summed E-state index contributed by atoms with van der Waals surface area (Å²) >= 11 is 3.34. The van der Waals surface area contributed by atoms with Gasteiger partial charge >= 0.3 is 0 Å². The van der Waals surface area contributed by atoms with E-state index in [9.17, 15) is 0 Å². The van der Waals surface area contributed by atoms with Crippen LogP contribution in [0.25, 0.3) is 21.9 Å². The number of rotatable bonds is 0. The lowest BCUT2D eigenvalue weighted by molar-refractivity contribution is 1.31. The highest BCUT2D eigenvalue weighted by Crippen LogP contribution is 2.14. The zero-order valence-electron chi connectivity index (χ0n) is 10.6. The van der Waals surface area contributed by atoms with Crippen LogP contribution in [0.1, 0.15) is 0 Å². The predicted molar refractivity (Wildman–Crippen MR) is 85.5 cm³/mol. The van der Waals surface area contributed by atoms with Gasteiger partial charge < -0.3 is 4.98 Å². The molecule has 0 atom stereocenters. The molecule has 0 aliphatic carbocycles. The molecule has 3 nitrogen and oxygen atoms in total. The number of nitrogens with one attached hydrogen (secondary N) is 1. The Hall–Kier alpha value is -2.20. The summed E-state index contributed by atoms with van der Waals surface area (Å²) < 4.78 is 1.01. The van der Waals surface area contributed by atoms with Gasteiger partial charge in [-0.15, -0.1) is 0 Å². The van der Waals surface area contributed by atoms with E-state index in [4.69, 9.17) is 0 Å². The van der Waals surface area contributed by atoms with Crippen LogP contribution >= 0.6 is 15.9 Å². The molecule has 4 aromatic rings. The van der Waals surface area contributed by atoms with Gasteiger partial charge in [-0.25, -0.2) is 4.98 Å². The van der Waals surface area contributed by atoms with E-state index in [-0.39, 0.29) is 0 Å². The fourth-order valence-electron chi connectivity index (χ4n) is 1.93. The number of hydrogen-bond donors (Lipinski definition) is 1. The van der Waals surface area contributed by atoms with E-state index in [0.717, 1.165) is 21.0 Å². The topological polar surface area (TPSA) is 41.6 Å². The summed E-state index contributed by atoms with van der Waals surface area (Å²) in [5, 5.41) is 2.33. The van der Waals surface area contributed by atoms with Crippen molar-refractivity contribution in [2.24, 2.45) is 0 Å². The quantitative estimate of drug-likeness (QED) is 0.515. The first-order chi connectivity index (χ1) is 9.83. The van der Waals surface area contributed by atoms with Crippen molar-refractivity contribution in [3.8, 4) is 0 Å². The average molecular weight is 326 g/mol. The monoisotopic (exact) mass is 325 g/mol. The molecule has 4 heteroatoms. The molecule has 0 aliphatic rings. The maximum atomic E-state index is 4.18. The van der Waals surface area contributed by atoms with E-state index in [2.05, 4.69) is 43.0 Å². The van der Waals surface area contributed by atoms with E-state index in [1.807, 2.05) is 48.8 Å². The molecular formula is C16H12BrN3. The highest BCUT2D eigenvalue weighted by atomic mass is 79.9. The van der Waals surface area contributed by atoms with Crippen molar-refractivity contribution < 1.29 is 0 Å². The Balaban J connectivity index is 0.000000121. The van der Waals surface area contributed by atoms with Gasteiger partial charge in [0.25, 0.3) is 0 Å². The molecule has 1 aromatic carbocycles. The van der Waals surface area contributed by atoms with E-state index in [1.165, 1.54) is 5.39 Å². The zero-order chi connectivity index (χ0) is 13.8. The van der Waals surface area contributed by atoms with Crippen LogP contribution in [0, 0.1) is 0 Å². The lowest BCUT2D eigenvalue weighted by Crippen LogP contribution is -1.73. The first kappa shape index (κ1) is 12.8. The van der Waals surface area contributed by atoms with Gasteiger partial charge in [-0.05, 0) is 40.2 Å². The van der Waals surface area contributed by atoms with Gasteiger partial charge in [0.05, 0.1) is 5.52 Å². The minimum Gasteiger partial charge on any atom is -0.346 e. The molecule has 98 valence electrons. The van der Waals surface area contributed by atoms with Crippen molar-refractivity contribution in [2.45, 2.75) is 0 Å². The van der Waals surface area contributed by atoms with Crippen LogP contribution < -0.4 is 0 Å². The lowest BCUT2D eigenvalue weighted by Gasteiger charge is -1.91. The molecule has 3 heterocycles. The smallest absolute Gasteiger partial charge is 0.137 e. The van der Waals surface area contributed by atoms with Crippen LogP contribution in [0.2, 0.25) is 0 Å². The van der Waals surface area contributed by atoms with Gasteiger partial charge in [-0.1, -0.05) is 24.3 Å². The molecule has 0 unspecified atom stereocenters. The Labute approximate surface area is 124 Å². The number of nitrogens with zero attached hydrogens (tertiary/aromatic N) is 2. The molecule has 0 fully saturated rings. The Morgan fingerprint density at radius 1 is 0.900 bits per heavy atom. The van der Waals surface area contributed by atoms with Gasteiger partial charge in [0.2, 0.25) is 0 Å². The second-order valence-electron chi connectivity index (χ2n) is 4.27. The third-order valence-corrected chi connectivity index (χ3v) is 3.31. The number of aromatic nitrogens is 3. The molecule has 4 rings (SSSR count). The van der Waals surface area contributed by atoms with Gasteiger partial charge in [0.1, 0.15) is 5.65 Å². The van der Waals surface area contributed by atoms with Gasteiger partial charge in [-0.2, -0.15) is 0 Å². The van der Waals surface area contributed by atoms with Crippen LogP contribution in [0.3, 0.4) is 0 Å². The van der Waals surface area contributed by atoms with E-state index in [1.54, 1.807) is 6.20 Å². The van der Waals surface area contributed by atoms with Crippen molar-refractivity contribution >= 4 is 37.9 Å². The van der Waals surface area contributed by atoms with E-state index >= 15 is 0 Å². The highest BCUT2D eigenvalue weighted by molar-refractivity contribution is 9.10. The molecular weight excluding hydrogens is 314 g/mol. The molecule has 3 aromatic heterocycles.